The van der Waals surface area contributed by atoms with Crippen LogP contribution >= 0.6 is 0 Å². The maximum absolute atomic E-state index is 9.93. The molecule has 0 saturated carbocycles. The molecule has 0 saturated heterocycles. The Morgan fingerprint density at radius 1 is 1.23 bits per heavy atom. The predicted octanol–water partition coefficient (Wildman–Crippen LogP) is 1.88. The van der Waals surface area contributed by atoms with E-state index in [0.717, 1.165) is 11.3 Å². The summed E-state index contributed by atoms with van der Waals surface area (Å²) in [6.45, 7) is 0. The molecule has 13 heavy (non-hydrogen) atoms. The fourth-order valence-electron chi connectivity index (χ4n) is 1.01. The molecule has 0 spiro atoms. The van der Waals surface area contributed by atoms with Crippen LogP contribution in [0.3, 0.4) is 0 Å². The number of hydrogen-bond acceptors (Lipinski definition) is 2. The van der Waals surface area contributed by atoms with Gasteiger partial charge >= 0.3 is 0 Å². The highest BCUT2D eigenvalue weighted by Gasteiger charge is 1.92. The molecule has 0 aliphatic carbocycles. The summed E-state index contributed by atoms with van der Waals surface area (Å²) in [6.07, 6.45) is 4.81. The number of benzene rings is 1. The fraction of sp³-hybridized carbons (Fsp3) is 0.182. The molecule has 1 aromatic carbocycles. The van der Waals surface area contributed by atoms with Crippen molar-refractivity contribution in [1.29, 1.82) is 0 Å². The van der Waals surface area contributed by atoms with Crippen LogP contribution in [0.5, 0.6) is 0 Å². The van der Waals surface area contributed by atoms with Crippen molar-refractivity contribution in [3.05, 3.63) is 35.9 Å². The summed E-state index contributed by atoms with van der Waals surface area (Å²) in [5.41, 5.74) is 2.15. The molecular weight excluding hydrogens is 162 g/mol. The van der Waals surface area contributed by atoms with E-state index in [1.165, 1.54) is 6.08 Å². The third kappa shape index (κ3) is 2.75. The lowest BCUT2D eigenvalue weighted by Crippen LogP contribution is -2.07. The van der Waals surface area contributed by atoms with Crippen molar-refractivity contribution in [2.75, 3.05) is 19.0 Å². The third-order valence-corrected chi connectivity index (χ3v) is 1.75. The van der Waals surface area contributed by atoms with E-state index in [4.69, 9.17) is 0 Å². The topological polar surface area (TPSA) is 20.3 Å². The van der Waals surface area contributed by atoms with Gasteiger partial charge in [0.2, 0.25) is 6.29 Å². The predicted molar refractivity (Wildman–Crippen MR) is 55.5 cm³/mol. The molecule has 0 bridgehead atoms. The lowest BCUT2D eigenvalue weighted by atomic mass is 10.2. The van der Waals surface area contributed by atoms with Crippen molar-refractivity contribution >= 4 is 18.0 Å². The number of hydrogen-bond donors (Lipinski definition) is 0. The van der Waals surface area contributed by atoms with Crippen LogP contribution in [-0.2, 0) is 4.79 Å². The van der Waals surface area contributed by atoms with E-state index < -0.39 is 0 Å². The number of nitrogens with zero attached hydrogens (tertiary/aromatic N) is 1. The van der Waals surface area contributed by atoms with E-state index in [1.807, 2.05) is 43.3 Å². The van der Waals surface area contributed by atoms with Gasteiger partial charge in [0.15, 0.2) is 0 Å². The smallest absolute Gasteiger partial charge is 0.225 e. The minimum Gasteiger partial charge on any atom is -0.378 e. The molecular formula is C11H12NO. The largest absolute Gasteiger partial charge is 0.378 e. The second-order valence-corrected chi connectivity index (χ2v) is 2.94. The minimum absolute atomic E-state index is 1.01. The molecule has 0 aliphatic rings. The van der Waals surface area contributed by atoms with Gasteiger partial charge in [-0.15, -0.1) is 0 Å². The van der Waals surface area contributed by atoms with Gasteiger partial charge in [-0.1, -0.05) is 18.2 Å². The lowest BCUT2D eigenvalue weighted by Gasteiger charge is -2.11. The zero-order valence-corrected chi connectivity index (χ0v) is 7.82. The molecule has 0 N–H and O–H groups in total. The van der Waals surface area contributed by atoms with Gasteiger partial charge in [0.1, 0.15) is 0 Å². The maximum atomic E-state index is 9.93. The SMILES string of the molecule is CN(C)c1ccc(C=C[C]=O)cc1. The van der Waals surface area contributed by atoms with Crippen LogP contribution < -0.4 is 4.90 Å². The molecule has 2 nitrogen and oxygen atoms in total. The van der Waals surface area contributed by atoms with Crippen LogP contribution in [0.4, 0.5) is 5.69 Å². The van der Waals surface area contributed by atoms with E-state index in [-0.39, 0.29) is 0 Å². The highest BCUT2D eigenvalue weighted by Crippen LogP contribution is 2.12. The summed E-state index contributed by atoms with van der Waals surface area (Å²) >= 11 is 0. The third-order valence-electron chi connectivity index (χ3n) is 1.75. The van der Waals surface area contributed by atoms with Crippen LogP contribution in [0.25, 0.3) is 6.08 Å². The molecule has 0 aliphatic heterocycles. The summed E-state index contributed by atoms with van der Waals surface area (Å²) in [5.74, 6) is 0. The first-order valence-electron chi connectivity index (χ1n) is 4.05. The standard InChI is InChI=1S/C11H12NO/c1-12(2)11-7-5-10(6-8-11)4-3-9-13/h3-8H,1-2H3. The Morgan fingerprint density at radius 3 is 2.31 bits per heavy atom. The average molecular weight is 174 g/mol. The van der Waals surface area contributed by atoms with Crippen molar-refractivity contribution in [3.8, 4) is 0 Å². The van der Waals surface area contributed by atoms with Crippen LogP contribution in [0.1, 0.15) is 5.56 Å². The monoisotopic (exact) mass is 174 g/mol. The van der Waals surface area contributed by atoms with Gasteiger partial charge in [-0.25, -0.2) is 0 Å². The Balaban J connectivity index is 2.81. The molecule has 0 amide bonds. The number of carbonyl (C=O) groups excluding carboxylic acids is 1. The normalized spacial score (nSPS) is 10.3. The summed E-state index contributed by atoms with van der Waals surface area (Å²) in [5, 5.41) is 0. The van der Waals surface area contributed by atoms with E-state index >= 15 is 0 Å². The molecule has 0 atom stereocenters. The fourth-order valence-corrected chi connectivity index (χ4v) is 1.01. The van der Waals surface area contributed by atoms with Crippen LogP contribution in [-0.4, -0.2) is 20.4 Å². The Labute approximate surface area is 78.5 Å². The van der Waals surface area contributed by atoms with Gasteiger partial charge in [-0.2, -0.15) is 0 Å². The molecule has 67 valence electrons. The summed E-state index contributed by atoms with van der Waals surface area (Å²) in [7, 11) is 3.98. The molecule has 1 radical (unpaired) electrons. The molecule has 1 rings (SSSR count). The van der Waals surface area contributed by atoms with Crippen LogP contribution in [0.2, 0.25) is 0 Å². The van der Waals surface area contributed by atoms with Gasteiger partial charge in [-0.3, -0.25) is 4.79 Å². The minimum atomic E-state index is 1.01. The van der Waals surface area contributed by atoms with Gasteiger partial charge in [0.25, 0.3) is 0 Å². The Kier molecular flexibility index (Phi) is 3.26. The Hall–Kier alpha value is -1.57. The molecule has 2 heteroatoms. The van der Waals surface area contributed by atoms with E-state index in [2.05, 4.69) is 0 Å². The van der Waals surface area contributed by atoms with E-state index in [9.17, 15) is 4.79 Å². The molecule has 0 unspecified atom stereocenters. The van der Waals surface area contributed by atoms with Crippen molar-refractivity contribution in [1.82, 2.24) is 0 Å². The summed E-state index contributed by atoms with van der Waals surface area (Å²) in [4.78, 5) is 12.0. The quantitative estimate of drug-likeness (QED) is 0.652. The number of rotatable bonds is 3. The Morgan fingerprint density at radius 2 is 1.85 bits per heavy atom. The summed E-state index contributed by atoms with van der Waals surface area (Å²) in [6, 6.07) is 7.93. The first kappa shape index (κ1) is 9.52. The molecule has 1 aromatic rings. The second kappa shape index (κ2) is 4.45. The molecule has 0 fully saturated rings. The highest BCUT2D eigenvalue weighted by atomic mass is 16.1. The molecule has 0 heterocycles. The van der Waals surface area contributed by atoms with Gasteiger partial charge in [0.05, 0.1) is 0 Å². The van der Waals surface area contributed by atoms with Crippen molar-refractivity contribution in [2.45, 2.75) is 0 Å². The maximum Gasteiger partial charge on any atom is 0.225 e. The highest BCUT2D eigenvalue weighted by molar-refractivity contribution is 5.74. The van der Waals surface area contributed by atoms with Gasteiger partial charge < -0.3 is 4.90 Å². The van der Waals surface area contributed by atoms with Crippen molar-refractivity contribution < 1.29 is 4.79 Å². The first-order valence-corrected chi connectivity index (χ1v) is 4.05. The van der Waals surface area contributed by atoms with Crippen LogP contribution in [0.15, 0.2) is 30.3 Å². The molecule has 0 aromatic heterocycles. The first-order chi connectivity index (χ1) is 6.24. The lowest BCUT2D eigenvalue weighted by molar-refractivity contribution is 0.564. The second-order valence-electron chi connectivity index (χ2n) is 2.94. The summed E-state index contributed by atoms with van der Waals surface area (Å²) < 4.78 is 0. The van der Waals surface area contributed by atoms with E-state index in [1.54, 1.807) is 12.4 Å². The average Bonchev–Trinajstić information content (AvgIpc) is 2.15. The van der Waals surface area contributed by atoms with Gasteiger partial charge in [0, 0.05) is 19.8 Å². The Bertz CT molecular complexity index is 298. The number of allylic oxidation sites excluding steroid dienone is 1. The van der Waals surface area contributed by atoms with Crippen LogP contribution in [0, 0.1) is 0 Å². The number of anilines is 1. The zero-order chi connectivity index (χ0) is 9.68. The van der Waals surface area contributed by atoms with E-state index in [0.29, 0.717) is 0 Å². The van der Waals surface area contributed by atoms with Crippen molar-refractivity contribution in [3.63, 3.8) is 0 Å². The van der Waals surface area contributed by atoms with Crippen molar-refractivity contribution in [2.24, 2.45) is 0 Å². The van der Waals surface area contributed by atoms with Gasteiger partial charge in [-0.05, 0) is 23.8 Å². The zero-order valence-electron chi connectivity index (χ0n) is 7.82.